The Morgan fingerprint density at radius 3 is 2.79 bits per heavy atom. The van der Waals surface area contributed by atoms with Gasteiger partial charge in [0.1, 0.15) is 18.5 Å². The Morgan fingerprint density at radius 1 is 1.25 bits per heavy atom. The van der Waals surface area contributed by atoms with Crippen LogP contribution in [0.15, 0.2) is 48.5 Å². The third-order valence-corrected chi connectivity index (χ3v) is 4.38. The summed E-state index contributed by atoms with van der Waals surface area (Å²) in [5.74, 6) is 0.778. The van der Waals surface area contributed by atoms with E-state index in [9.17, 15) is 4.79 Å². The van der Waals surface area contributed by atoms with Gasteiger partial charge in [-0.3, -0.25) is 4.79 Å². The van der Waals surface area contributed by atoms with Gasteiger partial charge in [-0.1, -0.05) is 41.9 Å². The summed E-state index contributed by atoms with van der Waals surface area (Å²) in [4.78, 5) is 14.4. The average Bonchev–Trinajstić information content (AvgIpc) is 2.61. The minimum absolute atomic E-state index is 0.0650. The summed E-state index contributed by atoms with van der Waals surface area (Å²) < 4.78 is 11.6. The van der Waals surface area contributed by atoms with Crippen LogP contribution in [0.2, 0.25) is 5.02 Å². The third-order valence-electron chi connectivity index (χ3n) is 4.05. The number of hydrogen-bond donors (Lipinski definition) is 0. The van der Waals surface area contributed by atoms with E-state index < -0.39 is 0 Å². The number of ether oxygens (including phenoxy) is 2. The Morgan fingerprint density at radius 2 is 2.00 bits per heavy atom. The molecule has 1 aliphatic rings. The summed E-state index contributed by atoms with van der Waals surface area (Å²) in [7, 11) is 0. The third kappa shape index (κ3) is 3.89. The Bertz CT molecular complexity index is 719. The topological polar surface area (TPSA) is 38.8 Å². The SMILES string of the molecule is Cc1ccccc1OCC1CN(C(=O)c2ccccc2Cl)CCO1. The van der Waals surface area contributed by atoms with Crippen LogP contribution in [-0.4, -0.2) is 43.2 Å². The van der Waals surface area contributed by atoms with Crippen LogP contribution in [0.1, 0.15) is 15.9 Å². The average molecular weight is 346 g/mol. The maximum atomic E-state index is 12.6. The zero-order valence-electron chi connectivity index (χ0n) is 13.6. The molecule has 0 saturated carbocycles. The van der Waals surface area contributed by atoms with E-state index in [1.54, 1.807) is 17.0 Å². The number of nitrogens with zero attached hydrogens (tertiary/aromatic N) is 1. The molecule has 5 heteroatoms. The molecule has 24 heavy (non-hydrogen) atoms. The van der Waals surface area contributed by atoms with Crippen molar-refractivity contribution in [1.29, 1.82) is 0 Å². The highest BCUT2D eigenvalue weighted by molar-refractivity contribution is 6.33. The Hall–Kier alpha value is -2.04. The summed E-state index contributed by atoms with van der Waals surface area (Å²) in [5.41, 5.74) is 1.61. The summed E-state index contributed by atoms with van der Waals surface area (Å²) in [6, 6.07) is 15.0. The van der Waals surface area contributed by atoms with Gasteiger partial charge in [0, 0.05) is 6.54 Å². The maximum absolute atomic E-state index is 12.6. The van der Waals surface area contributed by atoms with E-state index in [1.165, 1.54) is 0 Å². The summed E-state index contributed by atoms with van der Waals surface area (Å²) in [5, 5.41) is 0.474. The van der Waals surface area contributed by atoms with E-state index >= 15 is 0 Å². The van der Waals surface area contributed by atoms with Crippen molar-refractivity contribution in [3.63, 3.8) is 0 Å². The van der Waals surface area contributed by atoms with Gasteiger partial charge in [0.15, 0.2) is 0 Å². The molecule has 0 spiro atoms. The summed E-state index contributed by atoms with van der Waals surface area (Å²) in [6.45, 7) is 3.97. The Balaban J connectivity index is 1.61. The highest BCUT2D eigenvalue weighted by atomic mass is 35.5. The van der Waals surface area contributed by atoms with Crippen LogP contribution in [0.5, 0.6) is 5.75 Å². The molecule has 0 radical (unpaired) electrons. The molecule has 1 amide bonds. The van der Waals surface area contributed by atoms with Crippen molar-refractivity contribution in [2.75, 3.05) is 26.3 Å². The lowest BCUT2D eigenvalue weighted by molar-refractivity contribution is -0.0402. The first-order valence-electron chi connectivity index (χ1n) is 7.99. The van der Waals surface area contributed by atoms with Gasteiger partial charge in [0.25, 0.3) is 5.91 Å². The van der Waals surface area contributed by atoms with Crippen LogP contribution in [0.4, 0.5) is 0 Å². The first-order chi connectivity index (χ1) is 11.6. The molecule has 1 atom stereocenters. The minimum atomic E-state index is -0.148. The van der Waals surface area contributed by atoms with Crippen molar-refractivity contribution in [1.82, 2.24) is 4.90 Å². The predicted octanol–water partition coefficient (Wildman–Crippen LogP) is 3.57. The van der Waals surface area contributed by atoms with Crippen LogP contribution in [0.25, 0.3) is 0 Å². The molecule has 2 aromatic carbocycles. The normalized spacial score (nSPS) is 17.6. The number of hydrogen-bond acceptors (Lipinski definition) is 3. The van der Waals surface area contributed by atoms with Gasteiger partial charge >= 0.3 is 0 Å². The molecular formula is C19H20ClNO3. The van der Waals surface area contributed by atoms with Gasteiger partial charge in [-0.15, -0.1) is 0 Å². The molecule has 0 N–H and O–H groups in total. The summed E-state index contributed by atoms with van der Waals surface area (Å²) >= 11 is 6.13. The molecule has 1 fully saturated rings. The molecule has 126 valence electrons. The fourth-order valence-electron chi connectivity index (χ4n) is 2.71. The molecule has 3 rings (SSSR count). The van der Waals surface area contributed by atoms with Crippen LogP contribution >= 0.6 is 11.6 Å². The largest absolute Gasteiger partial charge is 0.491 e. The molecule has 4 nitrogen and oxygen atoms in total. The number of amides is 1. The lowest BCUT2D eigenvalue weighted by Gasteiger charge is -2.33. The molecule has 1 unspecified atom stereocenters. The number of carbonyl (C=O) groups is 1. The monoisotopic (exact) mass is 345 g/mol. The number of carbonyl (C=O) groups excluding carboxylic acids is 1. The standard InChI is InChI=1S/C19H20ClNO3/c1-14-6-2-5-9-18(14)24-13-15-12-21(10-11-23-15)19(22)16-7-3-4-8-17(16)20/h2-9,15H,10-13H2,1H3. The molecule has 0 aromatic heterocycles. The van der Waals surface area contributed by atoms with Gasteiger partial charge < -0.3 is 14.4 Å². The van der Waals surface area contributed by atoms with E-state index in [-0.39, 0.29) is 12.0 Å². The highest BCUT2D eigenvalue weighted by Crippen LogP contribution is 2.20. The van der Waals surface area contributed by atoms with Crippen molar-refractivity contribution in [3.8, 4) is 5.75 Å². The fraction of sp³-hybridized carbons (Fsp3) is 0.316. The fourth-order valence-corrected chi connectivity index (χ4v) is 2.93. The quantitative estimate of drug-likeness (QED) is 0.850. The lowest BCUT2D eigenvalue weighted by atomic mass is 10.1. The molecule has 2 aromatic rings. The van der Waals surface area contributed by atoms with Gasteiger partial charge in [0.2, 0.25) is 0 Å². The molecule has 1 heterocycles. The lowest BCUT2D eigenvalue weighted by Crippen LogP contribution is -2.47. The van der Waals surface area contributed by atoms with E-state index in [0.29, 0.717) is 36.9 Å². The van der Waals surface area contributed by atoms with Crippen LogP contribution in [0, 0.1) is 6.92 Å². The summed E-state index contributed by atoms with van der Waals surface area (Å²) in [6.07, 6.45) is -0.148. The zero-order valence-corrected chi connectivity index (χ0v) is 14.3. The second-order valence-corrected chi connectivity index (χ2v) is 6.21. The van der Waals surface area contributed by atoms with Crippen molar-refractivity contribution in [3.05, 3.63) is 64.7 Å². The van der Waals surface area contributed by atoms with Gasteiger partial charge in [-0.25, -0.2) is 0 Å². The van der Waals surface area contributed by atoms with Gasteiger partial charge in [-0.05, 0) is 30.7 Å². The smallest absolute Gasteiger partial charge is 0.255 e. The Labute approximate surface area is 146 Å². The highest BCUT2D eigenvalue weighted by Gasteiger charge is 2.26. The number of benzene rings is 2. The van der Waals surface area contributed by atoms with Crippen LogP contribution in [0.3, 0.4) is 0 Å². The maximum Gasteiger partial charge on any atom is 0.255 e. The van der Waals surface area contributed by atoms with E-state index in [4.69, 9.17) is 21.1 Å². The molecule has 0 aliphatic carbocycles. The van der Waals surface area contributed by atoms with E-state index in [1.807, 2.05) is 43.3 Å². The number of morpholine rings is 1. The molecular weight excluding hydrogens is 326 g/mol. The number of halogens is 1. The number of aryl methyl sites for hydroxylation is 1. The van der Waals surface area contributed by atoms with Crippen molar-refractivity contribution in [2.45, 2.75) is 13.0 Å². The second kappa shape index (κ2) is 7.69. The number of rotatable bonds is 4. The Kier molecular flexibility index (Phi) is 5.38. The zero-order chi connectivity index (χ0) is 16.9. The minimum Gasteiger partial charge on any atom is -0.491 e. The molecule has 0 bridgehead atoms. The van der Waals surface area contributed by atoms with Crippen LogP contribution in [-0.2, 0) is 4.74 Å². The molecule has 1 saturated heterocycles. The first kappa shape index (κ1) is 16.8. The predicted molar refractivity (Wildman–Crippen MR) is 93.8 cm³/mol. The molecule has 1 aliphatic heterocycles. The number of para-hydroxylation sites is 1. The van der Waals surface area contributed by atoms with Gasteiger partial charge in [0.05, 0.1) is 23.7 Å². The first-order valence-corrected chi connectivity index (χ1v) is 8.37. The van der Waals surface area contributed by atoms with E-state index in [0.717, 1.165) is 11.3 Å². The van der Waals surface area contributed by atoms with Crippen molar-refractivity contribution < 1.29 is 14.3 Å². The van der Waals surface area contributed by atoms with Crippen molar-refractivity contribution in [2.24, 2.45) is 0 Å². The van der Waals surface area contributed by atoms with Crippen molar-refractivity contribution >= 4 is 17.5 Å². The van der Waals surface area contributed by atoms with E-state index in [2.05, 4.69) is 0 Å². The second-order valence-electron chi connectivity index (χ2n) is 5.80. The van der Waals surface area contributed by atoms with Gasteiger partial charge in [-0.2, -0.15) is 0 Å². The van der Waals surface area contributed by atoms with Crippen LogP contribution < -0.4 is 4.74 Å².